The first kappa shape index (κ1) is 47.1. The van der Waals surface area contributed by atoms with E-state index in [1.54, 1.807) is 18.3 Å². The first-order valence-electron chi connectivity index (χ1n) is 18.0. The molecule has 8 N–H and O–H groups in total. The Balaban J connectivity index is 0.00000541. The van der Waals surface area contributed by atoms with Crippen LogP contribution in [0.25, 0.3) is 10.8 Å². The van der Waals surface area contributed by atoms with Gasteiger partial charge >= 0.3 is 5.97 Å². The van der Waals surface area contributed by atoms with E-state index in [-0.39, 0.29) is 68.6 Å². The molecule has 0 aliphatic carbocycles. The number of halogens is 2. The summed E-state index contributed by atoms with van der Waals surface area (Å²) in [5.41, 5.74) is 14.0. The normalized spacial score (nSPS) is 13.5. The lowest BCUT2D eigenvalue weighted by Crippen LogP contribution is -2.58. The minimum atomic E-state index is -1.54. The molecule has 4 aromatic rings. The molecule has 0 aliphatic rings. The topological polar surface area (TPSA) is 218 Å². The van der Waals surface area contributed by atoms with E-state index in [9.17, 15) is 34.2 Å². The van der Waals surface area contributed by atoms with E-state index in [4.69, 9.17) is 11.5 Å². The molecule has 0 spiro atoms. The van der Waals surface area contributed by atoms with Gasteiger partial charge in [-0.05, 0) is 58.4 Å². The fourth-order valence-electron chi connectivity index (χ4n) is 6.44. The maximum atomic E-state index is 14.8. The summed E-state index contributed by atoms with van der Waals surface area (Å²) < 4.78 is 0. The van der Waals surface area contributed by atoms with Crippen LogP contribution in [-0.2, 0) is 38.7 Å². The molecule has 56 heavy (non-hydrogen) atoms. The molecule has 0 saturated heterocycles. The van der Waals surface area contributed by atoms with Gasteiger partial charge in [0.2, 0.25) is 17.7 Å². The zero-order valence-corrected chi connectivity index (χ0v) is 33.3. The van der Waals surface area contributed by atoms with Crippen LogP contribution in [0.1, 0.15) is 67.1 Å². The number of aliphatic hydroxyl groups is 1. The molecule has 0 aliphatic heterocycles. The van der Waals surface area contributed by atoms with Gasteiger partial charge in [0.05, 0.1) is 24.1 Å². The van der Waals surface area contributed by atoms with Gasteiger partial charge in [-0.2, -0.15) is 0 Å². The Kier molecular flexibility index (Phi) is 18.9. The Labute approximate surface area is 339 Å². The number of carbonyl (C=O) groups is 5. The van der Waals surface area contributed by atoms with Crippen molar-refractivity contribution in [2.24, 2.45) is 23.3 Å². The number of aliphatic carboxylic acids is 1. The highest BCUT2D eigenvalue weighted by Crippen LogP contribution is 2.24. The lowest BCUT2D eigenvalue weighted by Gasteiger charge is -2.34. The number of carboxylic acids is 1. The van der Waals surface area contributed by atoms with E-state index in [2.05, 4.69) is 15.6 Å². The zero-order valence-electron chi connectivity index (χ0n) is 31.7. The number of pyridine rings is 1. The molecule has 0 fully saturated rings. The number of hydrogen-bond acceptors (Lipinski definition) is 8. The van der Waals surface area contributed by atoms with Gasteiger partial charge in [0.15, 0.2) is 0 Å². The number of rotatable bonds is 19. The molecule has 4 amide bonds. The van der Waals surface area contributed by atoms with Crippen molar-refractivity contribution in [3.05, 3.63) is 114 Å². The van der Waals surface area contributed by atoms with Crippen LogP contribution in [0.2, 0.25) is 0 Å². The van der Waals surface area contributed by atoms with Crippen LogP contribution in [0.3, 0.4) is 0 Å². The van der Waals surface area contributed by atoms with Crippen LogP contribution in [0, 0.1) is 11.8 Å². The summed E-state index contributed by atoms with van der Waals surface area (Å²) in [6.07, 6.45) is 0.871. The van der Waals surface area contributed by atoms with Crippen molar-refractivity contribution in [1.29, 1.82) is 0 Å². The van der Waals surface area contributed by atoms with Crippen molar-refractivity contribution in [2.75, 3.05) is 0 Å². The Morgan fingerprint density at radius 3 is 2.16 bits per heavy atom. The molecule has 1 heterocycles. The minimum absolute atomic E-state index is 0. The molecule has 1 unspecified atom stereocenters. The molecule has 1 aromatic heterocycles. The van der Waals surface area contributed by atoms with Gasteiger partial charge < -0.3 is 37.2 Å². The maximum absolute atomic E-state index is 14.8. The van der Waals surface area contributed by atoms with Crippen LogP contribution in [0.15, 0.2) is 91.3 Å². The van der Waals surface area contributed by atoms with E-state index in [0.29, 0.717) is 0 Å². The highest BCUT2D eigenvalue weighted by Gasteiger charge is 2.36. The van der Waals surface area contributed by atoms with Gasteiger partial charge in [-0.25, -0.2) is 0 Å². The van der Waals surface area contributed by atoms with Crippen molar-refractivity contribution in [1.82, 2.24) is 20.5 Å². The van der Waals surface area contributed by atoms with Gasteiger partial charge in [0, 0.05) is 37.8 Å². The number of aliphatic hydroxyl groups excluding tert-OH is 1. The van der Waals surface area contributed by atoms with E-state index < -0.39 is 66.2 Å². The Morgan fingerprint density at radius 2 is 1.52 bits per heavy atom. The highest BCUT2D eigenvalue weighted by molar-refractivity contribution is 5.99. The van der Waals surface area contributed by atoms with E-state index in [1.165, 1.54) is 18.0 Å². The third kappa shape index (κ3) is 13.3. The van der Waals surface area contributed by atoms with Crippen LogP contribution >= 0.6 is 24.8 Å². The standard InChI is InChI=1S/C41H50N6O7.2ClH/c1-25(2)17-34(39(52)45-33(18-26(3)38(43)51)36(48)21-37(49)50)46-40(53)35(20-30-13-7-12-29-11-4-5-15-32(29)30)47(41(54)31-14-8-16-44-23-31)24-28-10-6-9-27(19-28)22-42;;/h4-16,19,23,25-26,33-36,48H,17-18,20-22,24,42H2,1-3H3,(H2,43,51)(H,45,52)(H,46,53)(H,49,50);2*1H/t26?,33-,34-,35-,36-;;/m0../s1. The number of aromatic nitrogens is 1. The Bertz CT molecular complexity index is 1930. The molecule has 13 nitrogen and oxygen atoms in total. The lowest BCUT2D eigenvalue weighted by atomic mass is 9.94. The third-order valence-corrected chi connectivity index (χ3v) is 9.33. The van der Waals surface area contributed by atoms with E-state index in [1.807, 2.05) is 80.6 Å². The number of nitrogens with one attached hydrogen (secondary N) is 2. The second kappa shape index (κ2) is 22.5. The van der Waals surface area contributed by atoms with Crippen LogP contribution in [0.4, 0.5) is 0 Å². The van der Waals surface area contributed by atoms with Crippen molar-refractivity contribution < 1.29 is 34.2 Å². The summed E-state index contributed by atoms with van der Waals surface area (Å²) in [5, 5.41) is 27.6. The Hall–Kier alpha value is -5.08. The zero-order chi connectivity index (χ0) is 39.4. The molecule has 4 rings (SSSR count). The molecule has 0 radical (unpaired) electrons. The summed E-state index contributed by atoms with van der Waals surface area (Å²) in [5.74, 6) is -4.63. The summed E-state index contributed by atoms with van der Waals surface area (Å²) in [6.45, 7) is 5.55. The molecule has 3 aromatic carbocycles. The number of amides is 4. The molecule has 5 atom stereocenters. The summed E-state index contributed by atoms with van der Waals surface area (Å²) in [7, 11) is 0. The maximum Gasteiger partial charge on any atom is 0.306 e. The van der Waals surface area contributed by atoms with E-state index in [0.717, 1.165) is 27.5 Å². The molecule has 0 bridgehead atoms. The number of nitrogens with two attached hydrogens (primary N) is 2. The monoisotopic (exact) mass is 810 g/mol. The number of carbonyl (C=O) groups excluding carboxylic acids is 4. The van der Waals surface area contributed by atoms with Crippen LogP contribution in [-0.4, -0.2) is 73.9 Å². The minimum Gasteiger partial charge on any atom is -0.481 e. The van der Waals surface area contributed by atoms with Gasteiger partial charge in [-0.1, -0.05) is 87.5 Å². The Morgan fingerprint density at radius 1 is 0.839 bits per heavy atom. The van der Waals surface area contributed by atoms with E-state index >= 15 is 0 Å². The SMILES string of the molecule is CC(C)C[C@H](NC(=O)[C@H](Cc1cccc2ccccc12)N(Cc1cccc(CN)c1)C(=O)c1cccnc1)C(=O)N[C@@H](CC(C)C(N)=O)[C@@H](O)CC(=O)O.Cl.Cl. The largest absolute Gasteiger partial charge is 0.481 e. The number of fused-ring (bicyclic) bond motifs is 1. The van der Waals surface area contributed by atoms with Gasteiger partial charge in [-0.15, -0.1) is 24.8 Å². The van der Waals surface area contributed by atoms with Crippen molar-refractivity contribution in [2.45, 2.75) is 83.8 Å². The fraction of sp³-hybridized carbons (Fsp3) is 0.366. The van der Waals surface area contributed by atoms with Crippen LogP contribution in [0.5, 0.6) is 0 Å². The predicted molar refractivity (Wildman–Crippen MR) is 219 cm³/mol. The quantitative estimate of drug-likeness (QED) is 0.0801. The molecular weight excluding hydrogens is 759 g/mol. The fourth-order valence-corrected chi connectivity index (χ4v) is 6.44. The summed E-state index contributed by atoms with van der Waals surface area (Å²) in [4.78, 5) is 72.2. The average Bonchev–Trinajstić information content (AvgIpc) is 3.15. The van der Waals surface area contributed by atoms with Gasteiger partial charge in [-0.3, -0.25) is 29.0 Å². The van der Waals surface area contributed by atoms with Crippen LogP contribution < -0.4 is 22.1 Å². The molecule has 15 heteroatoms. The first-order chi connectivity index (χ1) is 25.8. The van der Waals surface area contributed by atoms with Crippen molar-refractivity contribution in [3.63, 3.8) is 0 Å². The van der Waals surface area contributed by atoms with Crippen molar-refractivity contribution in [3.8, 4) is 0 Å². The molecule has 0 saturated carbocycles. The smallest absolute Gasteiger partial charge is 0.306 e. The number of carboxylic acid groups (broad SMARTS) is 1. The second-order valence-electron chi connectivity index (χ2n) is 14.1. The highest BCUT2D eigenvalue weighted by atomic mass is 35.5. The van der Waals surface area contributed by atoms with Gasteiger partial charge in [0.25, 0.3) is 5.91 Å². The first-order valence-corrected chi connectivity index (χ1v) is 18.0. The number of benzene rings is 3. The number of nitrogens with zero attached hydrogens (tertiary/aromatic N) is 2. The van der Waals surface area contributed by atoms with Crippen molar-refractivity contribution >= 4 is 65.2 Å². The third-order valence-electron chi connectivity index (χ3n) is 9.33. The lowest BCUT2D eigenvalue weighted by molar-refractivity contribution is -0.140. The van der Waals surface area contributed by atoms with Gasteiger partial charge in [0.1, 0.15) is 12.1 Å². The number of hydrogen-bond donors (Lipinski definition) is 6. The molecular formula is C41H52Cl2N6O7. The predicted octanol–water partition coefficient (Wildman–Crippen LogP) is 4.15. The second-order valence-corrected chi connectivity index (χ2v) is 14.1. The molecule has 302 valence electrons. The average molecular weight is 812 g/mol. The summed E-state index contributed by atoms with van der Waals surface area (Å²) >= 11 is 0. The summed E-state index contributed by atoms with van der Waals surface area (Å²) in [6, 6.07) is 20.7. The number of primary amides is 1.